The Hall–Kier alpha value is -2.68. The number of aromatic nitrogens is 2. The van der Waals surface area contributed by atoms with Crippen LogP contribution in [0.25, 0.3) is 0 Å². The van der Waals surface area contributed by atoms with Crippen LogP contribution in [0.5, 0.6) is 0 Å². The quantitative estimate of drug-likeness (QED) is 0.551. The highest BCUT2D eigenvalue weighted by Crippen LogP contribution is 2.29. The third-order valence-corrected chi connectivity index (χ3v) is 7.67. The van der Waals surface area contributed by atoms with Crippen molar-refractivity contribution >= 4 is 27.5 Å². The Morgan fingerprint density at radius 1 is 1.16 bits per heavy atom. The monoisotopic (exact) mass is 458 g/mol. The second-order valence-corrected chi connectivity index (χ2v) is 9.73. The highest BCUT2D eigenvalue weighted by molar-refractivity contribution is 7.89. The number of aryl methyl sites for hydroxylation is 1. The highest BCUT2D eigenvalue weighted by atomic mass is 35.5. The van der Waals surface area contributed by atoms with Gasteiger partial charge in [0.05, 0.1) is 11.3 Å². The van der Waals surface area contributed by atoms with Crippen LogP contribution < -0.4 is 5.32 Å². The average molecular weight is 459 g/mol. The number of amides is 1. The van der Waals surface area contributed by atoms with Crippen molar-refractivity contribution in [3.8, 4) is 0 Å². The van der Waals surface area contributed by atoms with Gasteiger partial charge in [-0.15, -0.1) is 0 Å². The van der Waals surface area contributed by atoms with Gasteiger partial charge in [-0.3, -0.25) is 4.79 Å². The van der Waals surface area contributed by atoms with E-state index in [1.165, 1.54) is 22.5 Å². The zero-order valence-corrected chi connectivity index (χ0v) is 18.4. The van der Waals surface area contributed by atoms with Gasteiger partial charge in [-0.1, -0.05) is 35.9 Å². The fraction of sp³-hybridized carbons (Fsp3) is 0.273. The molecule has 0 fully saturated rings. The maximum Gasteiger partial charge on any atom is 0.251 e. The van der Waals surface area contributed by atoms with Crippen molar-refractivity contribution in [1.29, 1.82) is 0 Å². The van der Waals surface area contributed by atoms with Crippen molar-refractivity contribution in [2.24, 2.45) is 0 Å². The SMILES string of the molecule is O=C(NCCCn1ccnc1)c1ccc(Cl)c(S(=O)(=O)N2CCc3ccccc3C2)c1. The number of nitrogens with one attached hydrogen (secondary N) is 1. The van der Waals surface area contributed by atoms with E-state index >= 15 is 0 Å². The van der Waals surface area contributed by atoms with Crippen LogP contribution in [0.15, 0.2) is 66.1 Å². The molecule has 0 spiro atoms. The van der Waals surface area contributed by atoms with Crippen molar-refractivity contribution in [3.05, 3.63) is 82.9 Å². The average Bonchev–Trinajstić information content (AvgIpc) is 3.30. The number of imidazole rings is 1. The van der Waals surface area contributed by atoms with Gasteiger partial charge in [0.2, 0.25) is 10.0 Å². The molecule has 1 aliphatic heterocycles. The lowest BCUT2D eigenvalue weighted by molar-refractivity contribution is 0.0952. The lowest BCUT2D eigenvalue weighted by Crippen LogP contribution is -2.36. The summed E-state index contributed by atoms with van der Waals surface area (Å²) in [5.41, 5.74) is 2.41. The minimum Gasteiger partial charge on any atom is -0.352 e. The van der Waals surface area contributed by atoms with Gasteiger partial charge in [0.1, 0.15) is 4.90 Å². The lowest BCUT2D eigenvalue weighted by Gasteiger charge is -2.28. The van der Waals surface area contributed by atoms with E-state index in [0.717, 1.165) is 24.1 Å². The van der Waals surface area contributed by atoms with Crippen LogP contribution in [0.4, 0.5) is 0 Å². The summed E-state index contributed by atoms with van der Waals surface area (Å²) in [5.74, 6) is -0.331. The molecule has 162 valence electrons. The predicted octanol–water partition coefficient (Wildman–Crippen LogP) is 3.10. The number of carbonyl (C=O) groups excluding carboxylic acids is 1. The molecule has 1 aromatic heterocycles. The summed E-state index contributed by atoms with van der Waals surface area (Å²) in [6, 6.07) is 12.2. The predicted molar refractivity (Wildman–Crippen MR) is 118 cm³/mol. The molecular weight excluding hydrogens is 436 g/mol. The first kappa shape index (κ1) is 21.5. The van der Waals surface area contributed by atoms with Crippen LogP contribution in [0, 0.1) is 0 Å². The van der Waals surface area contributed by atoms with Gasteiger partial charge in [0.15, 0.2) is 0 Å². The Morgan fingerprint density at radius 3 is 2.74 bits per heavy atom. The Morgan fingerprint density at radius 2 is 1.97 bits per heavy atom. The Labute approximate surface area is 186 Å². The first-order valence-electron chi connectivity index (χ1n) is 10.1. The van der Waals surface area contributed by atoms with Crippen LogP contribution in [0.3, 0.4) is 0 Å². The molecule has 9 heteroatoms. The molecule has 31 heavy (non-hydrogen) atoms. The fourth-order valence-corrected chi connectivity index (χ4v) is 5.56. The van der Waals surface area contributed by atoms with Crippen molar-refractivity contribution in [2.45, 2.75) is 30.8 Å². The van der Waals surface area contributed by atoms with E-state index in [1.54, 1.807) is 12.5 Å². The molecule has 3 aromatic rings. The summed E-state index contributed by atoms with van der Waals surface area (Å²) < 4.78 is 29.9. The number of fused-ring (bicyclic) bond motifs is 1. The summed E-state index contributed by atoms with van der Waals surface area (Å²) in [6.45, 7) is 1.86. The van der Waals surface area contributed by atoms with Gasteiger partial charge in [-0.25, -0.2) is 13.4 Å². The van der Waals surface area contributed by atoms with E-state index in [1.807, 2.05) is 35.0 Å². The first-order valence-corrected chi connectivity index (χ1v) is 11.9. The molecule has 1 N–H and O–H groups in total. The molecule has 0 radical (unpaired) electrons. The van der Waals surface area contributed by atoms with E-state index in [-0.39, 0.29) is 21.4 Å². The molecule has 2 aromatic carbocycles. The maximum absolute atomic E-state index is 13.3. The summed E-state index contributed by atoms with van der Waals surface area (Å²) in [6.07, 6.45) is 6.65. The van der Waals surface area contributed by atoms with Gasteiger partial charge in [-0.2, -0.15) is 4.31 Å². The third kappa shape index (κ3) is 4.81. The number of hydrogen-bond acceptors (Lipinski definition) is 4. The van der Waals surface area contributed by atoms with Crippen LogP contribution in [0.1, 0.15) is 27.9 Å². The second-order valence-electron chi connectivity index (χ2n) is 7.41. The summed E-state index contributed by atoms with van der Waals surface area (Å²) in [4.78, 5) is 16.5. The molecule has 0 aliphatic carbocycles. The van der Waals surface area contributed by atoms with Gasteiger partial charge in [0.25, 0.3) is 5.91 Å². The molecule has 1 amide bonds. The molecule has 0 saturated carbocycles. The number of sulfonamides is 1. The van der Waals surface area contributed by atoms with Gasteiger partial charge >= 0.3 is 0 Å². The van der Waals surface area contributed by atoms with E-state index in [9.17, 15) is 13.2 Å². The molecule has 7 nitrogen and oxygen atoms in total. The van der Waals surface area contributed by atoms with Crippen molar-refractivity contribution in [2.75, 3.05) is 13.1 Å². The van der Waals surface area contributed by atoms with Crippen LogP contribution >= 0.6 is 11.6 Å². The zero-order chi connectivity index (χ0) is 21.8. The fourth-order valence-electron chi connectivity index (χ4n) is 3.64. The molecule has 1 aliphatic rings. The van der Waals surface area contributed by atoms with Gasteiger partial charge in [-0.05, 0) is 42.2 Å². The molecule has 2 heterocycles. The zero-order valence-electron chi connectivity index (χ0n) is 16.9. The van der Waals surface area contributed by atoms with Crippen LogP contribution in [0.2, 0.25) is 5.02 Å². The van der Waals surface area contributed by atoms with E-state index in [4.69, 9.17) is 11.6 Å². The number of halogens is 1. The highest BCUT2D eigenvalue weighted by Gasteiger charge is 2.30. The molecule has 0 saturated heterocycles. The van der Waals surface area contributed by atoms with Crippen molar-refractivity contribution < 1.29 is 13.2 Å². The van der Waals surface area contributed by atoms with E-state index in [0.29, 0.717) is 26.1 Å². The Bertz CT molecular complexity index is 1180. The van der Waals surface area contributed by atoms with Gasteiger partial charge in [0, 0.05) is 44.1 Å². The normalized spacial score (nSPS) is 14.2. The molecule has 0 bridgehead atoms. The summed E-state index contributed by atoms with van der Waals surface area (Å²) in [5, 5.41) is 2.93. The Balaban J connectivity index is 1.46. The minimum atomic E-state index is -3.84. The molecule has 0 unspecified atom stereocenters. The standard InChI is InChI=1S/C22H23ClN4O3S/c23-20-7-6-18(22(28)25-9-3-11-26-13-10-24-16-26)14-21(20)31(29,30)27-12-8-17-4-1-2-5-19(17)15-27/h1-2,4-7,10,13-14,16H,3,8-9,11-12,15H2,(H,25,28). The summed E-state index contributed by atoms with van der Waals surface area (Å²) >= 11 is 6.24. The number of hydrogen-bond donors (Lipinski definition) is 1. The number of carbonyl (C=O) groups is 1. The molecule has 4 rings (SSSR count). The number of benzene rings is 2. The first-order chi connectivity index (χ1) is 14.9. The Kier molecular flexibility index (Phi) is 6.41. The minimum absolute atomic E-state index is 0.0420. The third-order valence-electron chi connectivity index (χ3n) is 5.34. The molecule has 0 atom stereocenters. The van der Waals surface area contributed by atoms with Gasteiger partial charge < -0.3 is 9.88 Å². The maximum atomic E-state index is 13.3. The smallest absolute Gasteiger partial charge is 0.251 e. The van der Waals surface area contributed by atoms with E-state index < -0.39 is 10.0 Å². The van der Waals surface area contributed by atoms with E-state index in [2.05, 4.69) is 10.3 Å². The topological polar surface area (TPSA) is 84.3 Å². The lowest BCUT2D eigenvalue weighted by atomic mass is 10.0. The largest absolute Gasteiger partial charge is 0.352 e. The number of nitrogens with zero attached hydrogens (tertiary/aromatic N) is 3. The second kappa shape index (κ2) is 9.21. The van der Waals surface area contributed by atoms with Crippen LogP contribution in [-0.4, -0.2) is 41.3 Å². The molecular formula is C22H23ClN4O3S. The summed E-state index contributed by atoms with van der Waals surface area (Å²) in [7, 11) is -3.84. The van der Waals surface area contributed by atoms with Crippen LogP contribution in [-0.2, 0) is 29.5 Å². The van der Waals surface area contributed by atoms with Crippen molar-refractivity contribution in [1.82, 2.24) is 19.2 Å². The van der Waals surface area contributed by atoms with Crippen molar-refractivity contribution in [3.63, 3.8) is 0 Å². The number of rotatable bonds is 7.